The van der Waals surface area contributed by atoms with Crippen LogP contribution in [0.5, 0.6) is 0 Å². The zero-order chi connectivity index (χ0) is 23.8. The normalized spacial score (nSPS) is 10.8. The van der Waals surface area contributed by atoms with Gasteiger partial charge in [0.15, 0.2) is 0 Å². The van der Waals surface area contributed by atoms with E-state index < -0.39 is 0 Å². The molecule has 2 amide bonds. The molecule has 0 saturated carbocycles. The minimum atomic E-state index is -0.203. The molecule has 0 radical (unpaired) electrons. The fourth-order valence-electron chi connectivity index (χ4n) is 3.61. The maximum absolute atomic E-state index is 12.8. The third kappa shape index (κ3) is 6.74. The summed E-state index contributed by atoms with van der Waals surface area (Å²) in [6, 6.07) is 20.7. The van der Waals surface area contributed by atoms with Crippen LogP contribution in [0.1, 0.15) is 51.3 Å². The Morgan fingerprint density at radius 2 is 1.55 bits per heavy atom. The van der Waals surface area contributed by atoms with Gasteiger partial charge in [-0.2, -0.15) is 0 Å². The first-order chi connectivity index (χ1) is 15.9. The van der Waals surface area contributed by atoms with Crippen LogP contribution >= 0.6 is 9.24 Å². The van der Waals surface area contributed by atoms with Crippen LogP contribution in [0.25, 0.3) is 0 Å². The lowest BCUT2D eigenvalue weighted by Gasteiger charge is -2.20. The first kappa shape index (κ1) is 24.6. The van der Waals surface area contributed by atoms with Crippen molar-refractivity contribution in [1.29, 1.82) is 0 Å². The Kier molecular flexibility index (Phi) is 8.76. The lowest BCUT2D eigenvalue weighted by Crippen LogP contribution is -2.26. The van der Waals surface area contributed by atoms with E-state index in [1.807, 2.05) is 31.2 Å². The highest BCUT2D eigenvalue weighted by molar-refractivity contribution is 7.27. The predicted octanol–water partition coefficient (Wildman–Crippen LogP) is 4.52. The van der Waals surface area contributed by atoms with Crippen molar-refractivity contribution < 1.29 is 9.59 Å². The Labute approximate surface area is 198 Å². The van der Waals surface area contributed by atoms with E-state index in [-0.39, 0.29) is 11.8 Å². The van der Waals surface area contributed by atoms with Gasteiger partial charge in [-0.25, -0.2) is 0 Å². The highest BCUT2D eigenvalue weighted by atomic mass is 31.0. The molecule has 0 aliphatic carbocycles. The van der Waals surface area contributed by atoms with Crippen LogP contribution in [-0.4, -0.2) is 29.8 Å². The van der Waals surface area contributed by atoms with E-state index in [0.29, 0.717) is 23.4 Å². The van der Waals surface area contributed by atoms with Gasteiger partial charge in [0, 0.05) is 29.9 Å². The fraction of sp³-hybridized carbons (Fsp3) is 0.259. The van der Waals surface area contributed by atoms with E-state index >= 15 is 0 Å². The minimum absolute atomic E-state index is 0.174. The topological polar surface area (TPSA) is 61.4 Å². The maximum Gasteiger partial charge on any atom is 0.255 e. The summed E-state index contributed by atoms with van der Waals surface area (Å²) in [6.45, 7) is 9.54. The summed E-state index contributed by atoms with van der Waals surface area (Å²) in [6.07, 6.45) is 0. The summed E-state index contributed by atoms with van der Waals surface area (Å²) < 4.78 is 0. The molecule has 3 aromatic rings. The van der Waals surface area contributed by atoms with Gasteiger partial charge in [0.2, 0.25) is 0 Å². The third-order valence-corrected chi connectivity index (χ3v) is 6.41. The number of benzene rings is 3. The second-order valence-electron chi connectivity index (χ2n) is 8.02. The second kappa shape index (κ2) is 11.7. The molecule has 6 heteroatoms. The number of rotatable bonds is 9. The lowest BCUT2D eigenvalue weighted by molar-refractivity contribution is 0.0949. The van der Waals surface area contributed by atoms with Crippen LogP contribution in [0, 0.1) is 6.92 Å². The standard InChI is InChI=1S/C27H32N3O2P/c1-4-30(5-2)18-23-10-7-6-9-22(23)17-28-26(31)20-11-8-12-24(16-20)29-27(32)21-13-14-25(33)19(3)15-21/h6-16H,4-5,17-18,33H2,1-3H3,(H,28,31)(H,29,32). The first-order valence-electron chi connectivity index (χ1n) is 11.3. The number of carbonyl (C=O) groups excluding carboxylic acids is 2. The van der Waals surface area contributed by atoms with Crippen LogP contribution in [0.3, 0.4) is 0 Å². The highest BCUT2D eigenvalue weighted by Crippen LogP contribution is 2.15. The van der Waals surface area contributed by atoms with Gasteiger partial charge in [-0.15, -0.1) is 9.24 Å². The van der Waals surface area contributed by atoms with E-state index in [9.17, 15) is 9.59 Å². The average Bonchev–Trinajstić information content (AvgIpc) is 2.83. The zero-order valence-corrected chi connectivity index (χ0v) is 20.7. The van der Waals surface area contributed by atoms with Gasteiger partial charge in [0.05, 0.1) is 0 Å². The number of carbonyl (C=O) groups is 2. The van der Waals surface area contributed by atoms with Gasteiger partial charge in [-0.3, -0.25) is 14.5 Å². The van der Waals surface area contributed by atoms with Gasteiger partial charge in [0.1, 0.15) is 0 Å². The third-order valence-electron chi connectivity index (χ3n) is 5.76. The number of hydrogen-bond acceptors (Lipinski definition) is 3. The molecule has 0 heterocycles. The first-order valence-corrected chi connectivity index (χ1v) is 11.8. The van der Waals surface area contributed by atoms with Crippen molar-refractivity contribution in [3.63, 3.8) is 0 Å². The zero-order valence-electron chi connectivity index (χ0n) is 19.5. The van der Waals surface area contributed by atoms with Crippen LogP contribution in [0.15, 0.2) is 66.7 Å². The molecule has 1 unspecified atom stereocenters. The van der Waals surface area contributed by atoms with Crippen molar-refractivity contribution in [2.24, 2.45) is 0 Å². The fourth-order valence-corrected chi connectivity index (χ4v) is 3.79. The Morgan fingerprint density at radius 3 is 2.24 bits per heavy atom. The Bertz CT molecular complexity index is 1130. The number of anilines is 1. The van der Waals surface area contributed by atoms with Crippen LogP contribution < -0.4 is 15.9 Å². The van der Waals surface area contributed by atoms with Gasteiger partial charge < -0.3 is 10.6 Å². The smallest absolute Gasteiger partial charge is 0.255 e. The van der Waals surface area contributed by atoms with Gasteiger partial charge >= 0.3 is 0 Å². The molecule has 0 bridgehead atoms. The Hall–Kier alpha value is -3.01. The molecule has 2 N–H and O–H groups in total. The molecule has 0 saturated heterocycles. The summed E-state index contributed by atoms with van der Waals surface area (Å²) in [5, 5.41) is 6.96. The van der Waals surface area contributed by atoms with Gasteiger partial charge in [0.25, 0.3) is 11.8 Å². The quantitative estimate of drug-likeness (QED) is 0.461. The van der Waals surface area contributed by atoms with E-state index in [0.717, 1.165) is 36.1 Å². The van der Waals surface area contributed by atoms with Crippen molar-refractivity contribution >= 4 is 32.0 Å². The van der Waals surface area contributed by atoms with Crippen LogP contribution in [0.4, 0.5) is 5.69 Å². The monoisotopic (exact) mass is 461 g/mol. The molecule has 0 fully saturated rings. The molecule has 33 heavy (non-hydrogen) atoms. The number of nitrogens with zero attached hydrogens (tertiary/aromatic N) is 1. The molecule has 0 spiro atoms. The SMILES string of the molecule is CCN(CC)Cc1ccccc1CNC(=O)c1cccc(NC(=O)c2ccc(P)c(C)c2)c1. The summed E-state index contributed by atoms with van der Waals surface area (Å²) in [5.41, 5.74) is 5.03. The molecule has 3 aromatic carbocycles. The molecule has 172 valence electrons. The molecule has 5 nitrogen and oxygen atoms in total. The molecular weight excluding hydrogens is 429 g/mol. The Balaban J connectivity index is 1.65. The van der Waals surface area contributed by atoms with Crippen LogP contribution in [-0.2, 0) is 13.1 Å². The van der Waals surface area contributed by atoms with Crippen molar-refractivity contribution in [2.45, 2.75) is 33.9 Å². The van der Waals surface area contributed by atoms with Crippen molar-refractivity contribution in [3.8, 4) is 0 Å². The van der Waals surface area contributed by atoms with Crippen molar-refractivity contribution in [1.82, 2.24) is 10.2 Å². The number of aryl methyl sites for hydroxylation is 1. The van der Waals surface area contributed by atoms with E-state index in [1.54, 1.807) is 30.3 Å². The van der Waals surface area contributed by atoms with E-state index in [1.165, 1.54) is 5.56 Å². The van der Waals surface area contributed by atoms with E-state index in [4.69, 9.17) is 0 Å². The largest absolute Gasteiger partial charge is 0.348 e. The maximum atomic E-state index is 12.8. The number of hydrogen-bond donors (Lipinski definition) is 2. The number of nitrogens with one attached hydrogen (secondary N) is 2. The number of amides is 2. The molecule has 3 rings (SSSR count). The molecule has 0 aliphatic rings. The summed E-state index contributed by atoms with van der Waals surface area (Å²) in [4.78, 5) is 27.8. The molecular formula is C27H32N3O2P. The average molecular weight is 462 g/mol. The molecule has 1 atom stereocenters. The van der Waals surface area contributed by atoms with Gasteiger partial charge in [-0.1, -0.05) is 50.2 Å². The van der Waals surface area contributed by atoms with Gasteiger partial charge in [-0.05, 0) is 72.3 Å². The molecule has 0 aliphatic heterocycles. The van der Waals surface area contributed by atoms with E-state index in [2.05, 4.69) is 50.8 Å². The summed E-state index contributed by atoms with van der Waals surface area (Å²) in [5.74, 6) is -0.377. The predicted molar refractivity (Wildman–Crippen MR) is 139 cm³/mol. The summed E-state index contributed by atoms with van der Waals surface area (Å²) in [7, 11) is 2.65. The second-order valence-corrected chi connectivity index (χ2v) is 8.64. The summed E-state index contributed by atoms with van der Waals surface area (Å²) >= 11 is 0. The lowest BCUT2D eigenvalue weighted by atomic mass is 10.1. The van der Waals surface area contributed by atoms with Crippen molar-refractivity contribution in [2.75, 3.05) is 18.4 Å². The Morgan fingerprint density at radius 1 is 0.848 bits per heavy atom. The van der Waals surface area contributed by atoms with Crippen LogP contribution in [0.2, 0.25) is 0 Å². The molecule has 0 aromatic heterocycles. The highest BCUT2D eigenvalue weighted by Gasteiger charge is 2.12. The van der Waals surface area contributed by atoms with Crippen molar-refractivity contribution in [3.05, 3.63) is 94.5 Å². The minimum Gasteiger partial charge on any atom is -0.348 e.